The minimum absolute atomic E-state index is 0.101. The lowest BCUT2D eigenvalue weighted by Crippen LogP contribution is -2.30. The summed E-state index contributed by atoms with van der Waals surface area (Å²) in [5.41, 5.74) is 0. The van der Waals surface area contributed by atoms with E-state index in [2.05, 4.69) is 72.8 Å². The van der Waals surface area contributed by atoms with E-state index in [1.54, 1.807) is 0 Å². The van der Waals surface area contributed by atoms with Gasteiger partial charge in [-0.25, -0.2) is 9.13 Å². The van der Waals surface area contributed by atoms with Crippen LogP contribution in [0.15, 0.2) is 24.3 Å². The molecule has 6 atom stereocenters. The lowest BCUT2D eigenvalue weighted by atomic mass is 9.99. The van der Waals surface area contributed by atoms with Crippen LogP contribution < -0.4 is 0 Å². The van der Waals surface area contributed by atoms with Gasteiger partial charge in [-0.15, -0.1) is 0 Å². The number of carbonyl (C=O) groups excluding carboxylic acids is 4. The van der Waals surface area contributed by atoms with E-state index < -0.39 is 97.5 Å². The largest absolute Gasteiger partial charge is 0.472 e. The third kappa shape index (κ3) is 72.5. The molecule has 100 heavy (non-hydrogen) atoms. The Hall–Kier alpha value is -2.46. The number of allylic oxidation sites excluding steroid dienone is 4. The minimum Gasteiger partial charge on any atom is -0.462 e. The summed E-state index contributed by atoms with van der Waals surface area (Å²) < 4.78 is 68.6. The van der Waals surface area contributed by atoms with Crippen molar-refractivity contribution in [3.63, 3.8) is 0 Å². The van der Waals surface area contributed by atoms with Crippen molar-refractivity contribution in [1.29, 1.82) is 0 Å². The van der Waals surface area contributed by atoms with Crippen LogP contribution in [0.25, 0.3) is 0 Å². The fourth-order valence-corrected chi connectivity index (χ4v) is 13.5. The Balaban J connectivity index is 5.27. The predicted molar refractivity (Wildman–Crippen MR) is 409 cm³/mol. The highest BCUT2D eigenvalue weighted by Gasteiger charge is 2.30. The molecule has 3 N–H and O–H groups in total. The van der Waals surface area contributed by atoms with Crippen molar-refractivity contribution in [2.45, 2.75) is 414 Å². The molecule has 0 heterocycles. The Morgan fingerprint density at radius 3 is 0.890 bits per heavy atom. The van der Waals surface area contributed by atoms with Crippen molar-refractivity contribution in [1.82, 2.24) is 0 Å². The van der Waals surface area contributed by atoms with Gasteiger partial charge < -0.3 is 33.8 Å². The van der Waals surface area contributed by atoms with Crippen molar-refractivity contribution < 1.29 is 80.2 Å². The molecule has 19 heteroatoms. The maximum absolute atomic E-state index is 13.1. The van der Waals surface area contributed by atoms with Gasteiger partial charge in [-0.2, -0.15) is 0 Å². The van der Waals surface area contributed by atoms with Crippen molar-refractivity contribution in [2.75, 3.05) is 39.6 Å². The van der Waals surface area contributed by atoms with E-state index in [-0.39, 0.29) is 25.7 Å². The topological polar surface area (TPSA) is 237 Å². The first-order chi connectivity index (χ1) is 48.3. The van der Waals surface area contributed by atoms with Crippen molar-refractivity contribution in [3.8, 4) is 0 Å². The van der Waals surface area contributed by atoms with Gasteiger partial charge in [0.05, 0.1) is 26.4 Å². The van der Waals surface area contributed by atoms with Gasteiger partial charge in [-0.1, -0.05) is 342 Å². The van der Waals surface area contributed by atoms with Gasteiger partial charge in [0.1, 0.15) is 19.3 Å². The molecule has 0 rings (SSSR count). The van der Waals surface area contributed by atoms with Crippen LogP contribution in [0.2, 0.25) is 0 Å². The number of aliphatic hydroxyl groups is 1. The second kappa shape index (κ2) is 70.8. The third-order valence-corrected chi connectivity index (χ3v) is 20.5. The summed E-state index contributed by atoms with van der Waals surface area (Å²) in [4.78, 5) is 73.0. The van der Waals surface area contributed by atoms with E-state index in [1.807, 2.05) is 0 Å². The number of unbranched alkanes of at least 4 members (excludes halogenated alkanes) is 41. The summed E-state index contributed by atoms with van der Waals surface area (Å²) >= 11 is 0. The van der Waals surface area contributed by atoms with Crippen LogP contribution >= 0.6 is 15.6 Å². The zero-order chi connectivity index (χ0) is 73.7. The highest BCUT2D eigenvalue weighted by atomic mass is 31.2. The van der Waals surface area contributed by atoms with Gasteiger partial charge >= 0.3 is 39.5 Å². The lowest BCUT2D eigenvalue weighted by molar-refractivity contribution is -0.161. The summed E-state index contributed by atoms with van der Waals surface area (Å²) in [6.07, 6.45) is 61.9. The van der Waals surface area contributed by atoms with Gasteiger partial charge in [0.15, 0.2) is 12.2 Å². The molecule has 0 fully saturated rings. The molecule has 0 amide bonds. The average Bonchev–Trinajstić information content (AvgIpc) is 0.997. The van der Waals surface area contributed by atoms with E-state index >= 15 is 0 Å². The third-order valence-electron chi connectivity index (χ3n) is 18.6. The highest BCUT2D eigenvalue weighted by molar-refractivity contribution is 7.47. The number of phosphoric acid groups is 2. The molecule has 590 valence electrons. The second-order valence-corrected chi connectivity index (χ2v) is 32.6. The number of ether oxygens (including phenoxy) is 4. The molecule has 3 unspecified atom stereocenters. The Morgan fingerprint density at radius 2 is 0.590 bits per heavy atom. The quantitative estimate of drug-likeness (QED) is 0.0169. The Bertz CT molecular complexity index is 2040. The first-order valence-electron chi connectivity index (χ1n) is 41.2. The zero-order valence-electron chi connectivity index (χ0n) is 65.2. The van der Waals surface area contributed by atoms with Crippen molar-refractivity contribution in [3.05, 3.63) is 24.3 Å². The smallest absolute Gasteiger partial charge is 0.462 e. The molecular weight excluding hydrogens is 1310 g/mol. The molecule has 0 bridgehead atoms. The number of hydrogen-bond acceptors (Lipinski definition) is 15. The van der Waals surface area contributed by atoms with E-state index in [4.69, 9.17) is 37.0 Å². The first-order valence-corrected chi connectivity index (χ1v) is 44.2. The van der Waals surface area contributed by atoms with E-state index in [1.165, 1.54) is 186 Å². The standard InChI is InChI=1S/C81H154O17P2/c1-8-10-11-12-13-14-15-16-21-25-28-33-41-48-55-62-78(83)91-68-76(97-80(85)64-57-50-43-34-29-26-23-20-18-17-19-22-24-27-31-38-45-52-59-72(3)4)70-95-99(87,88)93-66-75(82)67-94-100(89,90)96-71-77(98-81(86)65-58-51-44-35-30-32-39-46-53-60-73(5)6)69-92-79(84)63-56-49-42-37-36-40-47-54-61-74(7)9-2/h14-16,21,72-77,82H,8-13,17-20,22-71H2,1-7H3,(H,87,88)(H,89,90)/b15-14-,21-16-/t74?,75-,76-,77-/m1/s1. The van der Waals surface area contributed by atoms with Crippen molar-refractivity contribution in [2.24, 2.45) is 17.8 Å². The average molecular weight is 1460 g/mol. The van der Waals surface area contributed by atoms with Crippen LogP contribution in [0.3, 0.4) is 0 Å². The maximum Gasteiger partial charge on any atom is 0.472 e. The number of carbonyl (C=O) groups is 4. The molecule has 0 saturated heterocycles. The SMILES string of the molecule is CCCCCC/C=C\C=C/CCCCCCCC(=O)OC[C@H](COP(=O)(O)OC[C@@H](O)COP(=O)(O)OC[C@@H](COC(=O)CCCCCCCCCCC(C)CC)OC(=O)CCCCCCCCCCCC(C)C)OC(=O)CCCCCCCCCCCCCCCCCCCCC(C)C. The molecule has 0 aromatic rings. The number of rotatable bonds is 77. The Kier molecular flexibility index (Phi) is 69.1. The Labute approximate surface area is 612 Å². The molecule has 0 aromatic heterocycles. The van der Waals surface area contributed by atoms with Gasteiger partial charge in [0.2, 0.25) is 0 Å². The van der Waals surface area contributed by atoms with Gasteiger partial charge in [-0.3, -0.25) is 37.3 Å². The number of hydrogen-bond donors (Lipinski definition) is 3. The minimum atomic E-state index is -4.97. The van der Waals surface area contributed by atoms with Crippen LogP contribution in [0.4, 0.5) is 0 Å². The van der Waals surface area contributed by atoms with E-state index in [0.717, 1.165) is 127 Å². The van der Waals surface area contributed by atoms with Crippen LogP contribution in [-0.4, -0.2) is 96.7 Å². The lowest BCUT2D eigenvalue weighted by Gasteiger charge is -2.21. The van der Waals surface area contributed by atoms with E-state index in [9.17, 15) is 43.2 Å². The van der Waals surface area contributed by atoms with Gasteiger partial charge in [0.25, 0.3) is 0 Å². The highest BCUT2D eigenvalue weighted by Crippen LogP contribution is 2.45. The molecule has 0 spiro atoms. The number of phosphoric ester groups is 2. The molecule has 0 aliphatic rings. The van der Waals surface area contributed by atoms with Crippen LogP contribution in [-0.2, 0) is 65.4 Å². The van der Waals surface area contributed by atoms with Gasteiger partial charge in [-0.05, 0) is 69.1 Å². The first kappa shape index (κ1) is 97.5. The molecule has 0 radical (unpaired) electrons. The molecule has 17 nitrogen and oxygen atoms in total. The summed E-state index contributed by atoms with van der Waals surface area (Å²) in [7, 11) is -9.93. The molecule has 0 aromatic carbocycles. The summed E-state index contributed by atoms with van der Waals surface area (Å²) in [5.74, 6) is 0.186. The van der Waals surface area contributed by atoms with Crippen LogP contribution in [0.1, 0.15) is 395 Å². The predicted octanol–water partition coefficient (Wildman–Crippen LogP) is 23.7. The van der Waals surface area contributed by atoms with Crippen molar-refractivity contribution >= 4 is 39.5 Å². The Morgan fingerprint density at radius 1 is 0.330 bits per heavy atom. The fraction of sp³-hybridized carbons (Fsp3) is 0.901. The number of aliphatic hydroxyl groups excluding tert-OH is 1. The van der Waals surface area contributed by atoms with Crippen LogP contribution in [0.5, 0.6) is 0 Å². The molecule has 0 aliphatic heterocycles. The zero-order valence-corrected chi connectivity index (χ0v) is 66.9. The van der Waals surface area contributed by atoms with E-state index in [0.29, 0.717) is 25.7 Å². The molecular formula is C81H154O17P2. The molecule has 0 saturated carbocycles. The summed E-state index contributed by atoms with van der Waals surface area (Å²) in [6.45, 7) is 11.9. The van der Waals surface area contributed by atoms with Gasteiger partial charge in [0, 0.05) is 25.7 Å². The monoisotopic (exact) mass is 1460 g/mol. The maximum atomic E-state index is 13.1. The summed E-state index contributed by atoms with van der Waals surface area (Å²) in [6, 6.07) is 0. The normalized spacial score (nSPS) is 14.4. The van der Waals surface area contributed by atoms with Crippen LogP contribution in [0, 0.1) is 17.8 Å². The fourth-order valence-electron chi connectivity index (χ4n) is 11.9. The number of esters is 4. The summed E-state index contributed by atoms with van der Waals surface area (Å²) in [5, 5.41) is 10.6. The molecule has 0 aliphatic carbocycles. The second-order valence-electron chi connectivity index (χ2n) is 29.7.